The van der Waals surface area contributed by atoms with E-state index >= 15 is 0 Å². The average Bonchev–Trinajstić information content (AvgIpc) is 2.94. The fraction of sp³-hybridized carbons (Fsp3) is 0.133. The van der Waals surface area contributed by atoms with Gasteiger partial charge in [-0.15, -0.1) is 0 Å². The van der Waals surface area contributed by atoms with Crippen molar-refractivity contribution in [1.29, 1.82) is 0 Å². The van der Waals surface area contributed by atoms with Gasteiger partial charge in [-0.25, -0.2) is 9.97 Å². The zero-order valence-corrected chi connectivity index (χ0v) is 13.6. The molecule has 24 heavy (non-hydrogen) atoms. The van der Waals surface area contributed by atoms with Crippen molar-refractivity contribution in [3.8, 4) is 0 Å². The summed E-state index contributed by atoms with van der Waals surface area (Å²) in [6, 6.07) is 10.3. The van der Waals surface area contributed by atoms with E-state index in [2.05, 4.69) is 15.3 Å². The first-order valence-corrected chi connectivity index (χ1v) is 8.54. The number of rotatable bonds is 4. The molecule has 3 rings (SSSR count). The van der Waals surface area contributed by atoms with E-state index in [-0.39, 0.29) is 10.6 Å². The molecule has 124 valence electrons. The maximum atomic E-state index is 12.4. The van der Waals surface area contributed by atoms with Crippen LogP contribution in [0.4, 0.5) is 18.3 Å². The van der Waals surface area contributed by atoms with Crippen molar-refractivity contribution in [2.24, 2.45) is 0 Å². The Kier molecular flexibility index (Phi) is 4.72. The average molecular weight is 369 g/mol. The Bertz CT molecular complexity index is 847. The number of anilines is 1. The molecule has 3 aromatic rings. The monoisotopic (exact) mass is 369 g/mol. The highest BCUT2D eigenvalue weighted by molar-refractivity contribution is 7.99. The molecule has 0 spiro atoms. The lowest BCUT2D eigenvalue weighted by Crippen LogP contribution is -2.15. The van der Waals surface area contributed by atoms with Gasteiger partial charge in [0.25, 0.3) is 5.91 Å². The van der Waals surface area contributed by atoms with Gasteiger partial charge in [0.05, 0.1) is 21.5 Å². The number of thiazole rings is 1. The van der Waals surface area contributed by atoms with Crippen LogP contribution in [0.5, 0.6) is 0 Å². The number of thioether (sulfide) groups is 1. The smallest absolute Gasteiger partial charge is 0.298 e. The number of halogens is 3. The number of alkyl halides is 3. The second-order valence-electron chi connectivity index (χ2n) is 4.70. The third-order valence-electron chi connectivity index (χ3n) is 2.90. The van der Waals surface area contributed by atoms with E-state index in [4.69, 9.17) is 0 Å². The Balaban J connectivity index is 1.79. The molecule has 0 saturated heterocycles. The third-order valence-corrected chi connectivity index (χ3v) is 4.92. The van der Waals surface area contributed by atoms with Gasteiger partial charge in [0.2, 0.25) is 0 Å². The number of carbonyl (C=O) groups is 1. The number of hydrogen-bond donors (Lipinski definition) is 1. The van der Waals surface area contributed by atoms with Crippen LogP contribution >= 0.6 is 23.1 Å². The molecule has 0 unspecified atom stereocenters. The standard InChI is InChI=1S/C15H10F3N3OS2/c16-15(17,18)8-23-13-9(4-3-7-19-13)12(22)21-14-20-10-5-1-2-6-11(10)24-14/h1-7H,8H2,(H,20,21,22). The Morgan fingerprint density at radius 2 is 2.00 bits per heavy atom. The normalized spacial score (nSPS) is 11.6. The minimum atomic E-state index is -4.33. The molecular weight excluding hydrogens is 359 g/mol. The molecule has 1 amide bonds. The number of para-hydroxylation sites is 1. The molecule has 2 aromatic heterocycles. The highest BCUT2D eigenvalue weighted by atomic mass is 32.2. The SMILES string of the molecule is O=C(Nc1nc2ccccc2s1)c1cccnc1SCC(F)(F)F. The van der Waals surface area contributed by atoms with Crippen LogP contribution in [0.2, 0.25) is 0 Å². The fourth-order valence-electron chi connectivity index (χ4n) is 1.92. The predicted octanol–water partition coefficient (Wildman–Crippen LogP) is 4.60. The van der Waals surface area contributed by atoms with Gasteiger partial charge in [0.1, 0.15) is 5.03 Å². The van der Waals surface area contributed by atoms with E-state index in [1.54, 1.807) is 0 Å². The van der Waals surface area contributed by atoms with Gasteiger partial charge in [-0.3, -0.25) is 10.1 Å². The van der Waals surface area contributed by atoms with Crippen LogP contribution in [-0.2, 0) is 0 Å². The summed E-state index contributed by atoms with van der Waals surface area (Å²) in [4.78, 5) is 20.5. The number of nitrogens with zero attached hydrogens (tertiary/aromatic N) is 2. The first-order chi connectivity index (χ1) is 11.4. The largest absolute Gasteiger partial charge is 0.398 e. The fourth-order valence-corrected chi connectivity index (χ4v) is 3.53. The maximum Gasteiger partial charge on any atom is 0.398 e. The lowest BCUT2D eigenvalue weighted by molar-refractivity contribution is -0.105. The van der Waals surface area contributed by atoms with E-state index in [1.807, 2.05) is 24.3 Å². The number of aromatic nitrogens is 2. The van der Waals surface area contributed by atoms with Crippen LogP contribution in [0.25, 0.3) is 10.2 Å². The Morgan fingerprint density at radius 1 is 1.21 bits per heavy atom. The lowest BCUT2D eigenvalue weighted by atomic mass is 10.3. The Morgan fingerprint density at radius 3 is 2.75 bits per heavy atom. The maximum absolute atomic E-state index is 12.4. The van der Waals surface area contributed by atoms with Gasteiger partial charge in [-0.1, -0.05) is 35.2 Å². The minimum Gasteiger partial charge on any atom is -0.298 e. The van der Waals surface area contributed by atoms with E-state index in [1.165, 1.54) is 29.7 Å². The summed E-state index contributed by atoms with van der Waals surface area (Å²) in [6.45, 7) is 0. The van der Waals surface area contributed by atoms with Gasteiger partial charge in [0.15, 0.2) is 5.13 Å². The summed E-state index contributed by atoms with van der Waals surface area (Å²) in [5.41, 5.74) is 0.835. The van der Waals surface area contributed by atoms with Crippen LogP contribution in [0.3, 0.4) is 0 Å². The molecule has 0 saturated carbocycles. The van der Waals surface area contributed by atoms with Gasteiger partial charge in [-0.05, 0) is 24.3 Å². The number of nitrogens with one attached hydrogen (secondary N) is 1. The molecule has 4 nitrogen and oxygen atoms in total. The van der Waals surface area contributed by atoms with Gasteiger partial charge >= 0.3 is 6.18 Å². The first kappa shape index (κ1) is 16.7. The minimum absolute atomic E-state index is 0.0356. The number of benzene rings is 1. The third kappa shape index (κ3) is 4.04. The van der Waals surface area contributed by atoms with Crippen molar-refractivity contribution in [3.05, 3.63) is 48.2 Å². The van der Waals surface area contributed by atoms with Crippen molar-refractivity contribution in [2.45, 2.75) is 11.2 Å². The molecule has 0 fully saturated rings. The number of hydrogen-bond acceptors (Lipinski definition) is 5. The lowest BCUT2D eigenvalue weighted by Gasteiger charge is -2.09. The number of amides is 1. The van der Waals surface area contributed by atoms with Crippen molar-refractivity contribution >= 4 is 44.4 Å². The summed E-state index contributed by atoms with van der Waals surface area (Å²) in [5, 5.41) is 3.04. The summed E-state index contributed by atoms with van der Waals surface area (Å²) in [7, 11) is 0. The second kappa shape index (κ2) is 6.78. The van der Waals surface area contributed by atoms with Crippen LogP contribution < -0.4 is 5.32 Å². The topological polar surface area (TPSA) is 54.9 Å². The quantitative estimate of drug-likeness (QED) is 0.683. The number of pyridine rings is 1. The molecule has 0 radical (unpaired) electrons. The van der Waals surface area contributed by atoms with E-state index in [9.17, 15) is 18.0 Å². The summed E-state index contributed by atoms with van der Waals surface area (Å²) >= 11 is 1.78. The summed E-state index contributed by atoms with van der Waals surface area (Å²) < 4.78 is 38.1. The Hall–Kier alpha value is -2.13. The van der Waals surface area contributed by atoms with E-state index in [0.717, 1.165) is 10.2 Å². The van der Waals surface area contributed by atoms with Crippen molar-refractivity contribution < 1.29 is 18.0 Å². The van der Waals surface area contributed by atoms with E-state index in [0.29, 0.717) is 16.9 Å². The van der Waals surface area contributed by atoms with Gasteiger partial charge < -0.3 is 0 Å². The van der Waals surface area contributed by atoms with Crippen LogP contribution in [0.15, 0.2) is 47.6 Å². The van der Waals surface area contributed by atoms with Gasteiger partial charge in [0, 0.05) is 6.20 Å². The second-order valence-corrected chi connectivity index (χ2v) is 6.70. The number of carbonyl (C=O) groups excluding carboxylic acids is 1. The number of fused-ring (bicyclic) bond motifs is 1. The van der Waals surface area contributed by atoms with Crippen LogP contribution in [0, 0.1) is 0 Å². The predicted molar refractivity (Wildman–Crippen MR) is 88.6 cm³/mol. The summed E-state index contributed by atoms with van der Waals surface area (Å²) in [5.74, 6) is -1.64. The molecular formula is C15H10F3N3OS2. The van der Waals surface area contributed by atoms with Crippen molar-refractivity contribution in [2.75, 3.05) is 11.1 Å². The molecule has 1 aromatic carbocycles. The molecule has 2 heterocycles. The zero-order valence-electron chi connectivity index (χ0n) is 12.0. The zero-order chi connectivity index (χ0) is 17.2. The molecule has 0 aliphatic heterocycles. The molecule has 1 N–H and O–H groups in total. The molecule has 0 atom stereocenters. The van der Waals surface area contributed by atoms with Crippen LogP contribution in [0.1, 0.15) is 10.4 Å². The van der Waals surface area contributed by atoms with Crippen molar-refractivity contribution in [1.82, 2.24) is 9.97 Å². The molecule has 0 aliphatic carbocycles. The molecule has 0 bridgehead atoms. The first-order valence-electron chi connectivity index (χ1n) is 6.74. The van der Waals surface area contributed by atoms with Crippen molar-refractivity contribution in [3.63, 3.8) is 0 Å². The summed E-state index contributed by atoms with van der Waals surface area (Å²) in [6.07, 6.45) is -2.98. The molecule has 9 heteroatoms. The van der Waals surface area contributed by atoms with Gasteiger partial charge in [-0.2, -0.15) is 13.2 Å². The van der Waals surface area contributed by atoms with Crippen LogP contribution in [-0.4, -0.2) is 27.8 Å². The van der Waals surface area contributed by atoms with E-state index < -0.39 is 17.8 Å². The Labute approximate surface area is 143 Å². The molecule has 0 aliphatic rings. The highest BCUT2D eigenvalue weighted by Crippen LogP contribution is 2.29. The highest BCUT2D eigenvalue weighted by Gasteiger charge is 2.28.